The molecule has 2 unspecified atom stereocenters. The molecular formula is C20H33N5O10. The van der Waals surface area contributed by atoms with Crippen molar-refractivity contribution < 1.29 is 49.5 Å². The van der Waals surface area contributed by atoms with E-state index in [2.05, 4.69) is 23.8 Å². The molecule has 0 rings (SSSR count). The number of carboxylic acid groups (broad SMARTS) is 3. The Morgan fingerprint density at radius 1 is 0.657 bits per heavy atom. The van der Waals surface area contributed by atoms with Gasteiger partial charge < -0.3 is 36.2 Å². The van der Waals surface area contributed by atoms with E-state index in [0.717, 1.165) is 9.80 Å². The van der Waals surface area contributed by atoms with Crippen LogP contribution in [-0.4, -0.2) is 141 Å². The maximum absolute atomic E-state index is 12.0. The van der Waals surface area contributed by atoms with Crippen LogP contribution in [0.3, 0.4) is 0 Å². The molecule has 35 heavy (non-hydrogen) atoms. The Morgan fingerprint density at radius 2 is 1.00 bits per heavy atom. The zero-order valence-electron chi connectivity index (χ0n) is 19.2. The molecular weight excluding hydrogens is 470 g/mol. The predicted molar refractivity (Wildman–Crippen MR) is 121 cm³/mol. The number of rotatable bonds is 20. The van der Waals surface area contributed by atoms with Crippen molar-refractivity contribution in [1.29, 1.82) is 0 Å². The van der Waals surface area contributed by atoms with Crippen LogP contribution in [0.2, 0.25) is 0 Å². The van der Waals surface area contributed by atoms with Gasteiger partial charge >= 0.3 is 17.9 Å². The van der Waals surface area contributed by atoms with Crippen molar-refractivity contribution in [2.75, 3.05) is 58.9 Å². The lowest BCUT2D eigenvalue weighted by atomic mass is 10.3. The maximum atomic E-state index is 12.0. The van der Waals surface area contributed by atoms with E-state index in [4.69, 9.17) is 10.2 Å². The number of hydrogen-bond donors (Lipinski definition) is 7. The Hall–Kier alpha value is -3.37. The number of carbonyl (C=O) groups is 5. The summed E-state index contributed by atoms with van der Waals surface area (Å²) in [4.78, 5) is 60.7. The van der Waals surface area contributed by atoms with Gasteiger partial charge in [0.1, 0.15) is 0 Å². The summed E-state index contributed by atoms with van der Waals surface area (Å²) >= 11 is 0. The van der Waals surface area contributed by atoms with Crippen molar-refractivity contribution in [3.8, 4) is 0 Å². The second kappa shape index (κ2) is 17.1. The number of aliphatic carboxylic acids is 3. The Bertz CT molecular complexity index is 709. The Labute approximate surface area is 201 Å². The van der Waals surface area contributed by atoms with Crippen molar-refractivity contribution >= 4 is 29.7 Å². The van der Waals surface area contributed by atoms with Crippen molar-refractivity contribution in [3.05, 3.63) is 25.3 Å². The number of carbonyl (C=O) groups excluding carboxylic acids is 2. The summed E-state index contributed by atoms with van der Waals surface area (Å²) in [7, 11) is 0. The summed E-state index contributed by atoms with van der Waals surface area (Å²) in [5.41, 5.74) is 0. The lowest BCUT2D eigenvalue weighted by molar-refractivity contribution is -0.148. The zero-order valence-corrected chi connectivity index (χ0v) is 19.2. The molecule has 0 aromatic rings. The molecule has 0 aliphatic carbocycles. The highest BCUT2D eigenvalue weighted by Gasteiger charge is 2.28. The molecule has 0 aliphatic rings. The SMILES string of the molecule is C=CCNC(=O)C(O)N(CCN(CCN(CC(=O)O)C(O)C(=O)NCC=C)CC(=O)O)CC(=O)O. The third-order valence-electron chi connectivity index (χ3n) is 4.44. The normalized spacial score (nSPS) is 12.7. The number of nitrogens with one attached hydrogen (secondary N) is 2. The highest BCUT2D eigenvalue weighted by Crippen LogP contribution is 2.02. The van der Waals surface area contributed by atoms with Crippen LogP contribution < -0.4 is 10.6 Å². The molecule has 15 nitrogen and oxygen atoms in total. The van der Waals surface area contributed by atoms with Crippen LogP contribution in [0.5, 0.6) is 0 Å². The fourth-order valence-electron chi connectivity index (χ4n) is 2.78. The van der Waals surface area contributed by atoms with Gasteiger partial charge in [-0.1, -0.05) is 12.2 Å². The van der Waals surface area contributed by atoms with Gasteiger partial charge in [0.15, 0.2) is 12.5 Å². The zero-order chi connectivity index (χ0) is 27.0. The number of aliphatic hydroxyl groups is 2. The van der Waals surface area contributed by atoms with E-state index in [1.165, 1.54) is 17.1 Å². The largest absolute Gasteiger partial charge is 0.480 e. The highest BCUT2D eigenvalue weighted by molar-refractivity contribution is 5.81. The molecule has 0 saturated heterocycles. The number of aliphatic hydroxyl groups excluding tert-OH is 2. The van der Waals surface area contributed by atoms with Gasteiger partial charge in [-0.3, -0.25) is 38.7 Å². The molecule has 2 atom stereocenters. The van der Waals surface area contributed by atoms with E-state index in [1.54, 1.807) is 0 Å². The number of amides is 2. The van der Waals surface area contributed by atoms with Gasteiger partial charge in [-0.05, 0) is 0 Å². The van der Waals surface area contributed by atoms with Crippen LogP contribution in [0.4, 0.5) is 0 Å². The topological polar surface area (TPSA) is 220 Å². The van der Waals surface area contributed by atoms with Gasteiger partial charge in [-0.25, -0.2) is 0 Å². The molecule has 0 aromatic heterocycles. The molecule has 0 heterocycles. The first-order valence-corrected chi connectivity index (χ1v) is 10.4. The van der Waals surface area contributed by atoms with Crippen LogP contribution in [0.25, 0.3) is 0 Å². The first-order chi connectivity index (χ1) is 16.4. The number of carboxylic acids is 3. The van der Waals surface area contributed by atoms with Gasteiger partial charge in [0.2, 0.25) is 0 Å². The summed E-state index contributed by atoms with van der Waals surface area (Å²) in [5.74, 6) is -5.69. The van der Waals surface area contributed by atoms with Gasteiger partial charge in [-0.2, -0.15) is 0 Å². The summed E-state index contributed by atoms with van der Waals surface area (Å²) in [6.45, 7) is 4.09. The Kier molecular flexibility index (Phi) is 15.5. The smallest absolute Gasteiger partial charge is 0.317 e. The molecule has 7 N–H and O–H groups in total. The Morgan fingerprint density at radius 3 is 1.29 bits per heavy atom. The van der Waals surface area contributed by atoms with E-state index in [-0.39, 0.29) is 39.3 Å². The van der Waals surface area contributed by atoms with Gasteiger partial charge in [0, 0.05) is 39.3 Å². The molecule has 0 aliphatic heterocycles. The quantitative estimate of drug-likeness (QED) is 0.0631. The molecule has 0 saturated carbocycles. The highest BCUT2D eigenvalue weighted by atomic mass is 16.4. The summed E-state index contributed by atoms with van der Waals surface area (Å²) in [6.07, 6.45) is -0.959. The van der Waals surface area contributed by atoms with E-state index in [0.29, 0.717) is 0 Å². The molecule has 0 spiro atoms. The minimum absolute atomic E-state index is 0.0318. The van der Waals surface area contributed by atoms with Crippen molar-refractivity contribution in [3.63, 3.8) is 0 Å². The first kappa shape index (κ1) is 31.6. The van der Waals surface area contributed by atoms with Gasteiger partial charge in [0.25, 0.3) is 11.8 Å². The minimum Gasteiger partial charge on any atom is -0.480 e. The van der Waals surface area contributed by atoms with Gasteiger partial charge in [0.05, 0.1) is 19.6 Å². The maximum Gasteiger partial charge on any atom is 0.317 e. The van der Waals surface area contributed by atoms with Crippen molar-refractivity contribution in [2.24, 2.45) is 0 Å². The molecule has 198 valence electrons. The molecule has 0 fully saturated rings. The summed E-state index contributed by atoms with van der Waals surface area (Å²) in [6, 6.07) is 0. The fraction of sp³-hybridized carbons (Fsp3) is 0.550. The van der Waals surface area contributed by atoms with Crippen LogP contribution in [0.15, 0.2) is 25.3 Å². The van der Waals surface area contributed by atoms with Crippen LogP contribution in [0.1, 0.15) is 0 Å². The van der Waals surface area contributed by atoms with Crippen molar-refractivity contribution in [1.82, 2.24) is 25.3 Å². The fourth-order valence-corrected chi connectivity index (χ4v) is 2.78. The third-order valence-corrected chi connectivity index (χ3v) is 4.44. The van der Waals surface area contributed by atoms with Crippen molar-refractivity contribution in [2.45, 2.75) is 12.5 Å². The first-order valence-electron chi connectivity index (χ1n) is 10.4. The molecule has 2 amide bonds. The van der Waals surface area contributed by atoms with E-state index < -0.39 is 61.8 Å². The average Bonchev–Trinajstić information content (AvgIpc) is 2.78. The lowest BCUT2D eigenvalue weighted by Crippen LogP contribution is -2.53. The molecule has 0 aromatic carbocycles. The van der Waals surface area contributed by atoms with Gasteiger partial charge in [-0.15, -0.1) is 13.2 Å². The lowest BCUT2D eigenvalue weighted by Gasteiger charge is -2.31. The predicted octanol–water partition coefficient (Wildman–Crippen LogP) is -3.61. The monoisotopic (exact) mass is 503 g/mol. The van der Waals surface area contributed by atoms with E-state index >= 15 is 0 Å². The van der Waals surface area contributed by atoms with E-state index in [9.17, 15) is 39.3 Å². The molecule has 0 radical (unpaired) electrons. The molecule has 0 bridgehead atoms. The second-order valence-electron chi connectivity index (χ2n) is 7.21. The average molecular weight is 504 g/mol. The summed E-state index contributed by atoms with van der Waals surface area (Å²) in [5, 5.41) is 52.4. The van der Waals surface area contributed by atoms with Crippen LogP contribution in [0, 0.1) is 0 Å². The van der Waals surface area contributed by atoms with Crippen LogP contribution in [-0.2, 0) is 24.0 Å². The number of nitrogens with zero attached hydrogens (tertiary/aromatic N) is 3. The standard InChI is InChI=1S/C20H33N5O10/c1-3-5-21-17(32)19(34)24(12-15(28)29)9-7-23(11-14(26)27)8-10-25(13-16(30)31)20(35)18(33)22-6-4-2/h3-4,19-20,34-35H,1-2,5-13H2,(H,21,32)(H,22,33)(H,26,27)(H,28,29)(H,30,31). The minimum atomic E-state index is -1.84. The van der Waals surface area contributed by atoms with Crippen LogP contribution >= 0.6 is 0 Å². The molecule has 15 heteroatoms. The third kappa shape index (κ3) is 13.8. The van der Waals surface area contributed by atoms with E-state index in [1.807, 2.05) is 0 Å². The summed E-state index contributed by atoms with van der Waals surface area (Å²) < 4.78 is 0. The second-order valence-corrected chi connectivity index (χ2v) is 7.21. The Balaban J connectivity index is 5.37. The number of hydrogen-bond acceptors (Lipinski definition) is 10.